The molecule has 12 amide bonds. The molecule has 6 rings (SSSR count). The van der Waals surface area contributed by atoms with Gasteiger partial charge in [-0.3, -0.25) is 57.5 Å². The average molecular weight is 1520 g/mol. The molecule has 0 bridgehead atoms. The number of fused-ring (bicyclic) bond motifs is 1. The molecule has 14 atom stereocenters. The third kappa shape index (κ3) is 28.0. The van der Waals surface area contributed by atoms with Gasteiger partial charge in [-0.25, -0.2) is 4.79 Å². The van der Waals surface area contributed by atoms with Crippen LogP contribution in [0.15, 0.2) is 121 Å². The number of aliphatic hydroxyl groups excluding tert-OH is 3. The standard InChI is InChI=1S/C72H98N16O17S2/c1-40(75)61(93)77-36-58(92)78-56-38-106-107-39-57(72(104)105)86-68(100)55(37-89)85-71(103)60(42(3)91)88-67(99)53(33-45-23-11-6-12-24-45)84-70(102)59(41(2)90)87-63(95)50(28-16-18-30-74)79-66(98)54(34-46-35-76-48-26-14-13-25-47(46)48)83-65(97)52(32-44-21-9-5-10-22-44)82-64(96)51(31-43-19-7-4-8-20-43)81-62(94)49(80-69(56)101)27-15-17-29-73/h4-14,19-26,35,40-42,49-57,59-60,76,89-91H,15-18,27-34,36-39,73-75H2,1-3H3,(H,77,93)(H,78,92)(H,79,98)(H,80,101)(H,81,94)(H,82,96)(H,83,97)(H,84,102)(H,85,103)(H,86,100)(H,87,95)(H,88,99)(H,104,105)/t40-,41+,42+,49-,50-,51-,52-,53-,54-,55-,56-,57-,59?,60?/m0/s1. The van der Waals surface area contributed by atoms with Crippen molar-refractivity contribution < 1.29 is 82.8 Å². The van der Waals surface area contributed by atoms with E-state index < -0.39 is 180 Å². The first kappa shape index (κ1) is 85.9. The fourth-order valence-electron chi connectivity index (χ4n) is 11.3. The molecule has 1 aromatic heterocycles. The molecule has 33 nitrogen and oxygen atoms in total. The van der Waals surface area contributed by atoms with Crippen LogP contribution in [0.3, 0.4) is 0 Å². The topological polar surface area (TPSA) is 541 Å². The predicted molar refractivity (Wildman–Crippen MR) is 399 cm³/mol. The van der Waals surface area contributed by atoms with Gasteiger partial charge < -0.3 is 106 Å². The maximum Gasteiger partial charge on any atom is 0.327 e. The van der Waals surface area contributed by atoms with Crippen molar-refractivity contribution in [3.8, 4) is 0 Å². The Morgan fingerprint density at radius 2 is 0.860 bits per heavy atom. The molecule has 35 heteroatoms. The summed E-state index contributed by atoms with van der Waals surface area (Å²) in [4.78, 5) is 189. The Morgan fingerprint density at radius 1 is 0.477 bits per heavy atom. The van der Waals surface area contributed by atoms with Gasteiger partial charge in [0.2, 0.25) is 70.9 Å². The Morgan fingerprint density at radius 3 is 1.31 bits per heavy atom. The molecule has 1 saturated heterocycles. The smallest absolute Gasteiger partial charge is 0.327 e. The van der Waals surface area contributed by atoms with Gasteiger partial charge in [0.1, 0.15) is 66.5 Å². The Hall–Kier alpha value is -10.0. The van der Waals surface area contributed by atoms with Crippen molar-refractivity contribution in [1.82, 2.24) is 68.8 Å². The van der Waals surface area contributed by atoms with Crippen LogP contribution in [-0.4, -0.2) is 225 Å². The summed E-state index contributed by atoms with van der Waals surface area (Å²) in [6, 6.07) is 12.9. The summed E-state index contributed by atoms with van der Waals surface area (Å²) < 4.78 is 0. The van der Waals surface area contributed by atoms with E-state index in [1.54, 1.807) is 121 Å². The number of nitrogens with one attached hydrogen (secondary N) is 13. The van der Waals surface area contributed by atoms with E-state index in [-0.39, 0.29) is 70.2 Å². The van der Waals surface area contributed by atoms with Crippen LogP contribution in [-0.2, 0) is 88.0 Å². The van der Waals surface area contributed by atoms with Gasteiger partial charge in [-0.2, -0.15) is 0 Å². The van der Waals surface area contributed by atoms with Gasteiger partial charge in [-0.15, -0.1) is 0 Å². The predicted octanol–water partition coefficient (Wildman–Crippen LogP) is -3.27. The minimum Gasteiger partial charge on any atom is -0.480 e. The number of aromatic nitrogens is 1. The maximum absolute atomic E-state index is 15.4. The number of para-hydroxylation sites is 1. The SMILES string of the molecule is C[C@H](N)C(=O)NCC(=O)N[C@H]1CSSC[C@@H](C(=O)O)NC(=O)[C@H](CO)NC(=O)C([C@@H](C)O)NC(=O)[C@H](Cc2ccccc2)NC(=O)C([C@@H](C)O)NC(=O)[C@H](CCCCN)NC(=O)[C@H](Cc2c[nH]c3ccccc23)NC(=O)[C@H](Cc2ccccc2)NC(=O)[C@H](Cc2ccccc2)NC(=O)[C@H](CCCCN)NC1=O. The number of carbonyl (C=O) groups is 13. The highest BCUT2D eigenvalue weighted by molar-refractivity contribution is 8.76. The van der Waals surface area contributed by atoms with E-state index in [1.807, 2.05) is 0 Å². The highest BCUT2D eigenvalue weighted by Crippen LogP contribution is 2.24. The van der Waals surface area contributed by atoms with Crippen molar-refractivity contribution in [3.05, 3.63) is 144 Å². The molecule has 1 aliphatic rings. The monoisotopic (exact) mass is 1520 g/mol. The van der Waals surface area contributed by atoms with Gasteiger partial charge in [-0.1, -0.05) is 131 Å². The van der Waals surface area contributed by atoms with Crippen LogP contribution in [0.2, 0.25) is 0 Å². The number of aliphatic carboxylic acids is 1. The fourth-order valence-corrected chi connectivity index (χ4v) is 13.6. The van der Waals surface area contributed by atoms with E-state index in [9.17, 15) is 68.4 Å². The van der Waals surface area contributed by atoms with Crippen molar-refractivity contribution in [1.29, 1.82) is 0 Å². The number of aromatic amines is 1. The van der Waals surface area contributed by atoms with Crippen molar-refractivity contribution in [2.24, 2.45) is 17.2 Å². The van der Waals surface area contributed by atoms with E-state index in [0.717, 1.165) is 28.5 Å². The Labute approximate surface area is 626 Å². The number of nitrogens with two attached hydrogens (primary N) is 3. The van der Waals surface area contributed by atoms with Crippen LogP contribution in [0.1, 0.15) is 81.5 Å². The molecule has 0 radical (unpaired) electrons. The number of H-pyrrole nitrogens is 1. The van der Waals surface area contributed by atoms with Gasteiger partial charge in [0.15, 0.2) is 0 Å². The van der Waals surface area contributed by atoms with Crippen LogP contribution in [0.4, 0.5) is 0 Å². The lowest BCUT2D eigenvalue weighted by atomic mass is 10.00. The number of hydrogen-bond acceptors (Lipinski definition) is 21. The zero-order valence-electron chi connectivity index (χ0n) is 59.6. The molecule has 2 heterocycles. The fraction of sp³-hybridized carbons (Fsp3) is 0.458. The molecule has 107 heavy (non-hydrogen) atoms. The largest absolute Gasteiger partial charge is 0.480 e. The second kappa shape index (κ2) is 44.2. The van der Waals surface area contributed by atoms with E-state index in [0.29, 0.717) is 46.0 Å². The summed E-state index contributed by atoms with van der Waals surface area (Å²) in [5.74, 6) is -14.5. The van der Waals surface area contributed by atoms with E-state index >= 15 is 14.4 Å². The van der Waals surface area contributed by atoms with Crippen LogP contribution >= 0.6 is 21.6 Å². The molecule has 0 aliphatic carbocycles. The number of unbranched alkanes of at least 4 members (excludes halogenated alkanes) is 2. The van der Waals surface area contributed by atoms with Crippen molar-refractivity contribution in [2.45, 2.75) is 170 Å². The molecule has 1 fully saturated rings. The third-order valence-corrected chi connectivity index (χ3v) is 19.7. The quantitative estimate of drug-likeness (QED) is 0.0213. The van der Waals surface area contributed by atoms with Gasteiger partial charge in [0, 0.05) is 54.3 Å². The number of benzene rings is 4. The Balaban J connectivity index is 1.46. The van der Waals surface area contributed by atoms with Crippen molar-refractivity contribution in [3.63, 3.8) is 0 Å². The van der Waals surface area contributed by atoms with Crippen LogP contribution in [0.5, 0.6) is 0 Å². The molecule has 2 unspecified atom stereocenters. The third-order valence-electron chi connectivity index (χ3n) is 17.2. The summed E-state index contributed by atoms with van der Waals surface area (Å²) in [5.41, 5.74) is 20.2. The van der Waals surface area contributed by atoms with E-state index in [4.69, 9.17) is 17.2 Å². The second-order valence-electron chi connectivity index (χ2n) is 25.9. The van der Waals surface area contributed by atoms with Gasteiger partial charge >= 0.3 is 5.97 Å². The molecule has 1 aliphatic heterocycles. The molecule has 4 aromatic carbocycles. The summed E-state index contributed by atoms with van der Waals surface area (Å²) >= 11 is 0. The van der Waals surface area contributed by atoms with Gasteiger partial charge in [0.25, 0.3) is 0 Å². The summed E-state index contributed by atoms with van der Waals surface area (Å²) in [6.45, 7) is 2.12. The first-order valence-corrected chi connectivity index (χ1v) is 37.6. The highest BCUT2D eigenvalue weighted by atomic mass is 33.1. The Kier molecular flexibility index (Phi) is 35.5. The molecule has 23 N–H and O–H groups in total. The average Bonchev–Trinajstić information content (AvgIpc) is 1.70. The number of hydrogen-bond donors (Lipinski definition) is 20. The summed E-state index contributed by atoms with van der Waals surface area (Å²) in [6.07, 6.45) is -1.86. The molecule has 0 saturated carbocycles. The van der Waals surface area contributed by atoms with Crippen LogP contribution < -0.4 is 81.0 Å². The molecular weight excluding hydrogens is 1430 g/mol. The number of carbonyl (C=O) groups excluding carboxylic acids is 12. The van der Waals surface area contributed by atoms with Crippen LogP contribution in [0.25, 0.3) is 10.9 Å². The number of amides is 12. The lowest BCUT2D eigenvalue weighted by Crippen LogP contribution is -2.63. The minimum atomic E-state index is -1.95. The lowest BCUT2D eigenvalue weighted by molar-refractivity contribution is -0.142. The lowest BCUT2D eigenvalue weighted by Gasteiger charge is -2.29. The summed E-state index contributed by atoms with van der Waals surface area (Å²) in [5, 5.41) is 74.1. The van der Waals surface area contributed by atoms with Crippen molar-refractivity contribution >= 4 is 109 Å². The molecule has 580 valence electrons. The zero-order valence-corrected chi connectivity index (χ0v) is 61.2. The normalized spacial score (nSPS) is 23.7. The number of carboxylic acids is 1. The highest BCUT2D eigenvalue weighted by Gasteiger charge is 2.39. The van der Waals surface area contributed by atoms with E-state index in [1.165, 1.54) is 13.8 Å². The van der Waals surface area contributed by atoms with Crippen molar-refractivity contribution in [2.75, 3.05) is 37.7 Å². The van der Waals surface area contributed by atoms with Crippen LogP contribution in [0, 0.1) is 0 Å². The Bertz CT molecular complexity index is 3800. The summed E-state index contributed by atoms with van der Waals surface area (Å²) in [7, 11) is 1.60. The first-order valence-electron chi connectivity index (χ1n) is 35.1. The van der Waals surface area contributed by atoms with Gasteiger partial charge in [-0.05, 0) is 101 Å². The molecular formula is C72H98N16O17S2. The molecule has 0 spiro atoms. The van der Waals surface area contributed by atoms with Gasteiger partial charge in [0.05, 0.1) is 31.4 Å². The minimum absolute atomic E-state index is 0.0921. The number of carboxylic acid groups (broad SMARTS) is 1. The first-order chi connectivity index (χ1) is 51.2. The van der Waals surface area contributed by atoms with E-state index in [2.05, 4.69) is 68.8 Å². The second-order valence-corrected chi connectivity index (χ2v) is 28.4. The number of rotatable bonds is 24. The zero-order chi connectivity index (χ0) is 78.1. The maximum atomic E-state index is 15.4. The number of aliphatic hydroxyl groups is 3. The molecule has 5 aromatic rings.